The van der Waals surface area contributed by atoms with E-state index in [4.69, 9.17) is 9.15 Å². The molecule has 1 aliphatic rings. The Morgan fingerprint density at radius 2 is 2.29 bits per heavy atom. The third kappa shape index (κ3) is 3.98. The summed E-state index contributed by atoms with van der Waals surface area (Å²) in [5.74, 6) is 0.605. The molecule has 6 nitrogen and oxygen atoms in total. The number of aromatic nitrogens is 2. The Balaban J connectivity index is 1.73. The fourth-order valence-electron chi connectivity index (χ4n) is 1.69. The van der Waals surface area contributed by atoms with Gasteiger partial charge in [0.1, 0.15) is 0 Å². The van der Waals surface area contributed by atoms with Gasteiger partial charge in [0, 0.05) is 19.2 Å². The quantitative estimate of drug-likeness (QED) is 0.777. The summed E-state index contributed by atoms with van der Waals surface area (Å²) in [6, 6.07) is 0.881. The van der Waals surface area contributed by atoms with E-state index in [1.807, 2.05) is 0 Å². The van der Waals surface area contributed by atoms with Crippen molar-refractivity contribution in [2.75, 3.05) is 18.5 Å². The third-order valence-corrected chi connectivity index (χ3v) is 2.63. The molecule has 0 radical (unpaired) electrons. The summed E-state index contributed by atoms with van der Waals surface area (Å²) >= 11 is 0. The number of anilines is 1. The molecule has 2 rings (SSSR count). The first-order chi connectivity index (χ1) is 8.24. The Morgan fingerprint density at radius 1 is 1.41 bits per heavy atom. The molecular weight excluding hydrogens is 220 g/mol. The molecule has 1 saturated heterocycles. The lowest BCUT2D eigenvalue weighted by molar-refractivity contribution is 0.120. The first kappa shape index (κ1) is 12.3. The van der Waals surface area contributed by atoms with Crippen LogP contribution in [0.1, 0.15) is 32.6 Å². The summed E-state index contributed by atoms with van der Waals surface area (Å²) in [7, 11) is 0. The molecule has 0 bridgehead atoms. The molecule has 2 heterocycles. The first-order valence-electron chi connectivity index (χ1n) is 6.15. The lowest BCUT2D eigenvalue weighted by Crippen LogP contribution is -2.21. The van der Waals surface area contributed by atoms with Gasteiger partial charge >= 0.3 is 6.01 Å². The highest BCUT2D eigenvalue weighted by Gasteiger charge is 2.16. The summed E-state index contributed by atoms with van der Waals surface area (Å²) in [6.07, 6.45) is 2.52. The molecule has 1 unspecified atom stereocenters. The fraction of sp³-hybridized carbons (Fsp3) is 0.818. The van der Waals surface area contributed by atoms with Crippen molar-refractivity contribution in [2.24, 2.45) is 0 Å². The average Bonchev–Trinajstić information content (AvgIpc) is 2.95. The van der Waals surface area contributed by atoms with Gasteiger partial charge in [-0.25, -0.2) is 0 Å². The summed E-state index contributed by atoms with van der Waals surface area (Å²) in [6.45, 7) is 6.35. The predicted octanol–water partition coefficient (Wildman–Crippen LogP) is 1.16. The van der Waals surface area contributed by atoms with E-state index in [9.17, 15) is 0 Å². The standard InChI is InChI=1S/C11H20N4O2/c1-8(2)12-7-10-14-15-11(17-10)13-6-9-4-3-5-16-9/h8-9,12H,3-7H2,1-2H3,(H,13,15). The third-order valence-electron chi connectivity index (χ3n) is 2.63. The molecule has 0 amide bonds. The van der Waals surface area contributed by atoms with E-state index in [2.05, 4.69) is 34.7 Å². The van der Waals surface area contributed by atoms with Crippen LogP contribution in [-0.4, -0.2) is 35.5 Å². The summed E-state index contributed by atoms with van der Waals surface area (Å²) < 4.78 is 10.9. The van der Waals surface area contributed by atoms with Crippen molar-refractivity contribution >= 4 is 6.01 Å². The van der Waals surface area contributed by atoms with Crippen LogP contribution in [0.3, 0.4) is 0 Å². The summed E-state index contributed by atoms with van der Waals surface area (Å²) in [4.78, 5) is 0. The molecule has 2 N–H and O–H groups in total. The Morgan fingerprint density at radius 3 is 3.00 bits per heavy atom. The number of hydrogen-bond donors (Lipinski definition) is 2. The van der Waals surface area contributed by atoms with Gasteiger partial charge in [-0.05, 0) is 12.8 Å². The van der Waals surface area contributed by atoms with Crippen LogP contribution in [0.25, 0.3) is 0 Å². The highest BCUT2D eigenvalue weighted by atomic mass is 16.5. The zero-order valence-corrected chi connectivity index (χ0v) is 10.4. The average molecular weight is 240 g/mol. The normalized spacial score (nSPS) is 20.1. The van der Waals surface area contributed by atoms with Gasteiger partial charge in [0.15, 0.2) is 0 Å². The van der Waals surface area contributed by atoms with E-state index in [-0.39, 0.29) is 6.10 Å². The van der Waals surface area contributed by atoms with E-state index in [0.29, 0.717) is 24.5 Å². The Hall–Kier alpha value is -1.14. The molecule has 96 valence electrons. The van der Waals surface area contributed by atoms with Crippen LogP contribution in [0.5, 0.6) is 0 Å². The van der Waals surface area contributed by atoms with Crippen molar-refractivity contribution in [1.82, 2.24) is 15.5 Å². The van der Waals surface area contributed by atoms with Gasteiger partial charge in [-0.15, -0.1) is 5.10 Å². The SMILES string of the molecule is CC(C)NCc1nnc(NCC2CCCO2)o1. The summed E-state index contributed by atoms with van der Waals surface area (Å²) in [5, 5.41) is 14.2. The zero-order valence-electron chi connectivity index (χ0n) is 10.4. The van der Waals surface area contributed by atoms with E-state index in [1.54, 1.807) is 0 Å². The van der Waals surface area contributed by atoms with Crippen molar-refractivity contribution in [3.8, 4) is 0 Å². The van der Waals surface area contributed by atoms with Crippen LogP contribution in [0, 0.1) is 0 Å². The summed E-state index contributed by atoms with van der Waals surface area (Å²) in [5.41, 5.74) is 0. The molecule has 0 aromatic carbocycles. The van der Waals surface area contributed by atoms with Crippen LogP contribution >= 0.6 is 0 Å². The van der Waals surface area contributed by atoms with E-state index >= 15 is 0 Å². The molecule has 0 saturated carbocycles. The minimum atomic E-state index is 0.277. The van der Waals surface area contributed by atoms with Gasteiger partial charge in [-0.1, -0.05) is 18.9 Å². The predicted molar refractivity (Wildman–Crippen MR) is 63.7 cm³/mol. The second-order valence-corrected chi connectivity index (χ2v) is 4.55. The smallest absolute Gasteiger partial charge is 0.315 e. The number of rotatable bonds is 6. The van der Waals surface area contributed by atoms with Crippen LogP contribution in [0.2, 0.25) is 0 Å². The fourth-order valence-corrected chi connectivity index (χ4v) is 1.69. The second kappa shape index (κ2) is 5.97. The van der Waals surface area contributed by atoms with E-state index in [1.165, 1.54) is 0 Å². The molecule has 1 aliphatic heterocycles. The van der Waals surface area contributed by atoms with Crippen LogP contribution < -0.4 is 10.6 Å². The first-order valence-corrected chi connectivity index (χ1v) is 6.15. The van der Waals surface area contributed by atoms with Gasteiger partial charge in [-0.3, -0.25) is 0 Å². The number of hydrogen-bond acceptors (Lipinski definition) is 6. The van der Waals surface area contributed by atoms with E-state index < -0.39 is 0 Å². The Kier molecular flexibility index (Phi) is 4.33. The van der Waals surface area contributed by atoms with Gasteiger partial charge in [0.2, 0.25) is 5.89 Å². The van der Waals surface area contributed by atoms with Gasteiger partial charge < -0.3 is 19.8 Å². The second-order valence-electron chi connectivity index (χ2n) is 4.55. The molecule has 1 fully saturated rings. The molecule has 6 heteroatoms. The largest absolute Gasteiger partial charge is 0.407 e. The molecule has 1 aromatic heterocycles. The van der Waals surface area contributed by atoms with Crippen molar-refractivity contribution in [2.45, 2.75) is 45.4 Å². The lowest BCUT2D eigenvalue weighted by atomic mass is 10.2. The maximum atomic E-state index is 5.50. The van der Waals surface area contributed by atoms with Crippen LogP contribution in [0.15, 0.2) is 4.42 Å². The van der Waals surface area contributed by atoms with Crippen LogP contribution in [0.4, 0.5) is 6.01 Å². The topological polar surface area (TPSA) is 72.2 Å². The minimum Gasteiger partial charge on any atom is -0.407 e. The van der Waals surface area contributed by atoms with Crippen molar-refractivity contribution in [3.63, 3.8) is 0 Å². The molecule has 17 heavy (non-hydrogen) atoms. The lowest BCUT2D eigenvalue weighted by Gasteiger charge is -2.08. The van der Waals surface area contributed by atoms with Crippen molar-refractivity contribution in [3.05, 3.63) is 5.89 Å². The molecule has 1 aromatic rings. The maximum absolute atomic E-state index is 5.50. The Bertz CT molecular complexity index is 334. The van der Waals surface area contributed by atoms with Gasteiger partial charge in [-0.2, -0.15) is 0 Å². The number of ether oxygens (including phenoxy) is 1. The Labute approximate surface area is 101 Å². The monoisotopic (exact) mass is 240 g/mol. The van der Waals surface area contributed by atoms with Crippen molar-refractivity contribution < 1.29 is 9.15 Å². The van der Waals surface area contributed by atoms with Crippen molar-refractivity contribution in [1.29, 1.82) is 0 Å². The van der Waals surface area contributed by atoms with Gasteiger partial charge in [0.25, 0.3) is 0 Å². The highest BCUT2D eigenvalue weighted by Crippen LogP contribution is 2.13. The number of nitrogens with zero attached hydrogens (tertiary/aromatic N) is 2. The zero-order chi connectivity index (χ0) is 12.1. The molecule has 0 spiro atoms. The van der Waals surface area contributed by atoms with E-state index in [0.717, 1.165) is 26.0 Å². The minimum absolute atomic E-state index is 0.277. The van der Waals surface area contributed by atoms with Gasteiger partial charge in [0.05, 0.1) is 12.6 Å². The highest BCUT2D eigenvalue weighted by molar-refractivity contribution is 5.17. The van der Waals surface area contributed by atoms with Crippen LogP contribution in [-0.2, 0) is 11.3 Å². The molecule has 1 atom stereocenters. The maximum Gasteiger partial charge on any atom is 0.315 e. The molecular formula is C11H20N4O2. The number of nitrogens with one attached hydrogen (secondary N) is 2. The molecule has 0 aliphatic carbocycles.